The number of hydrogen-bond donors (Lipinski definition) is 2. The molecule has 1 aromatic heterocycles. The van der Waals surface area contributed by atoms with Gasteiger partial charge in [0.1, 0.15) is 11.0 Å². The van der Waals surface area contributed by atoms with E-state index in [0.29, 0.717) is 28.0 Å². The summed E-state index contributed by atoms with van der Waals surface area (Å²) >= 11 is 1.07. The number of fused-ring (bicyclic) bond motifs is 1. The fraction of sp³-hybridized carbons (Fsp3) is 0.0500. The molecule has 3 aromatic carbocycles. The van der Waals surface area contributed by atoms with Crippen molar-refractivity contribution in [2.45, 2.75) is 11.8 Å². The van der Waals surface area contributed by atoms with Gasteiger partial charge in [-0.3, -0.25) is 9.52 Å². The molecule has 0 bridgehead atoms. The van der Waals surface area contributed by atoms with Crippen LogP contribution in [0, 0.1) is 6.92 Å². The smallest absolute Gasteiger partial charge is 0.261 e. The topological polar surface area (TPSA) is 101 Å². The fourth-order valence-corrected chi connectivity index (χ4v) is 4.53. The van der Waals surface area contributed by atoms with E-state index in [9.17, 15) is 13.2 Å². The SMILES string of the molecule is Cc1cccc(S(=O)(=O)Nc2cccc(C(=O)Nc3cccc4nsnc34)c2)c1. The summed E-state index contributed by atoms with van der Waals surface area (Å²) in [6.45, 7) is 1.82. The van der Waals surface area contributed by atoms with Gasteiger partial charge in [0.15, 0.2) is 0 Å². The minimum absolute atomic E-state index is 0.162. The van der Waals surface area contributed by atoms with Crippen molar-refractivity contribution < 1.29 is 13.2 Å². The Bertz CT molecular complexity index is 1320. The van der Waals surface area contributed by atoms with Gasteiger partial charge in [0.2, 0.25) is 0 Å². The van der Waals surface area contributed by atoms with E-state index in [2.05, 4.69) is 18.8 Å². The minimum atomic E-state index is -3.76. The van der Waals surface area contributed by atoms with Crippen molar-refractivity contribution in [1.29, 1.82) is 0 Å². The maximum absolute atomic E-state index is 12.7. The zero-order valence-electron chi connectivity index (χ0n) is 15.3. The van der Waals surface area contributed by atoms with Gasteiger partial charge in [0.25, 0.3) is 15.9 Å². The van der Waals surface area contributed by atoms with E-state index in [0.717, 1.165) is 17.3 Å². The number of amides is 1. The first-order valence-corrected chi connectivity index (χ1v) is 10.9. The largest absolute Gasteiger partial charge is 0.320 e. The number of carbonyl (C=O) groups is 1. The standard InChI is InChI=1S/C20H16N4O3S2/c1-13-5-2-8-16(11-13)29(26,27)24-15-7-3-6-14(12-15)20(25)21-17-9-4-10-18-19(17)23-28-22-18/h2-12,24H,1H3,(H,21,25). The molecule has 1 amide bonds. The normalized spacial score (nSPS) is 11.3. The van der Waals surface area contributed by atoms with Crippen molar-refractivity contribution in [1.82, 2.24) is 8.75 Å². The van der Waals surface area contributed by atoms with E-state index >= 15 is 0 Å². The molecule has 0 unspecified atom stereocenters. The molecule has 0 fully saturated rings. The Morgan fingerprint density at radius 1 is 0.966 bits per heavy atom. The predicted molar refractivity (Wildman–Crippen MR) is 114 cm³/mol. The van der Waals surface area contributed by atoms with Crippen LogP contribution in [0.5, 0.6) is 0 Å². The number of anilines is 2. The van der Waals surface area contributed by atoms with Crippen LogP contribution < -0.4 is 10.0 Å². The summed E-state index contributed by atoms with van der Waals surface area (Å²) < 4.78 is 36.1. The maximum atomic E-state index is 12.7. The second-order valence-electron chi connectivity index (χ2n) is 6.39. The molecule has 0 saturated carbocycles. The lowest BCUT2D eigenvalue weighted by Gasteiger charge is -2.10. The van der Waals surface area contributed by atoms with Gasteiger partial charge in [-0.1, -0.05) is 24.3 Å². The summed E-state index contributed by atoms with van der Waals surface area (Å²) in [7, 11) is -3.76. The minimum Gasteiger partial charge on any atom is -0.320 e. The van der Waals surface area contributed by atoms with E-state index in [1.165, 1.54) is 12.1 Å². The molecule has 0 spiro atoms. The summed E-state index contributed by atoms with van der Waals surface area (Å²) in [5.74, 6) is -0.373. The fourth-order valence-electron chi connectivity index (χ4n) is 2.82. The second kappa shape index (κ2) is 7.61. The molecular weight excluding hydrogens is 408 g/mol. The third-order valence-electron chi connectivity index (χ3n) is 4.21. The Labute approximate surface area is 171 Å². The van der Waals surface area contributed by atoms with Crippen LogP contribution >= 0.6 is 11.7 Å². The number of sulfonamides is 1. The summed E-state index contributed by atoms with van der Waals surface area (Å²) in [5.41, 5.74) is 3.32. The lowest BCUT2D eigenvalue weighted by molar-refractivity contribution is 0.102. The number of nitrogens with zero attached hydrogens (tertiary/aromatic N) is 2. The molecule has 4 aromatic rings. The molecule has 7 nitrogen and oxygen atoms in total. The van der Waals surface area contributed by atoms with Crippen LogP contribution in [-0.2, 0) is 10.0 Å². The zero-order valence-corrected chi connectivity index (χ0v) is 16.9. The number of carbonyl (C=O) groups excluding carboxylic acids is 1. The summed E-state index contributed by atoms with van der Waals surface area (Å²) in [6.07, 6.45) is 0. The van der Waals surface area contributed by atoms with E-state index in [4.69, 9.17) is 0 Å². The van der Waals surface area contributed by atoms with Gasteiger partial charge >= 0.3 is 0 Å². The number of hydrogen-bond acceptors (Lipinski definition) is 6. The average molecular weight is 425 g/mol. The number of aromatic nitrogens is 2. The highest BCUT2D eigenvalue weighted by molar-refractivity contribution is 7.92. The van der Waals surface area contributed by atoms with Gasteiger partial charge in [0.05, 0.1) is 22.3 Å². The molecule has 4 rings (SSSR count). The van der Waals surface area contributed by atoms with Crippen LogP contribution in [0.4, 0.5) is 11.4 Å². The molecule has 1 heterocycles. The molecule has 0 radical (unpaired) electrons. The molecule has 2 N–H and O–H groups in total. The molecule has 0 saturated heterocycles. The van der Waals surface area contributed by atoms with Crippen molar-refractivity contribution in [3.05, 3.63) is 77.9 Å². The molecule has 9 heteroatoms. The summed E-state index contributed by atoms with van der Waals surface area (Å²) in [5, 5.41) is 2.80. The van der Waals surface area contributed by atoms with E-state index in [-0.39, 0.29) is 10.8 Å². The molecular formula is C20H16N4O3S2. The van der Waals surface area contributed by atoms with E-state index in [1.54, 1.807) is 42.5 Å². The zero-order chi connectivity index (χ0) is 20.4. The monoisotopic (exact) mass is 424 g/mol. The quantitative estimate of drug-likeness (QED) is 0.503. The van der Waals surface area contributed by atoms with Crippen molar-refractivity contribution in [3.8, 4) is 0 Å². The molecule has 0 aliphatic carbocycles. The highest BCUT2D eigenvalue weighted by atomic mass is 32.2. The first kappa shape index (κ1) is 19.0. The highest BCUT2D eigenvalue weighted by Gasteiger charge is 2.16. The molecule has 0 aliphatic heterocycles. The van der Waals surface area contributed by atoms with Gasteiger partial charge in [-0.25, -0.2) is 8.42 Å². The van der Waals surface area contributed by atoms with Crippen molar-refractivity contribution in [3.63, 3.8) is 0 Å². The average Bonchev–Trinajstić information content (AvgIpc) is 3.18. The lowest BCUT2D eigenvalue weighted by atomic mass is 10.2. The third-order valence-corrected chi connectivity index (χ3v) is 6.13. The molecule has 0 atom stereocenters. The van der Waals surface area contributed by atoms with Crippen LogP contribution in [-0.4, -0.2) is 23.1 Å². The first-order chi connectivity index (χ1) is 13.9. The van der Waals surface area contributed by atoms with Gasteiger partial charge in [0, 0.05) is 11.3 Å². The third kappa shape index (κ3) is 4.10. The Kier molecular flexibility index (Phi) is 4.99. The second-order valence-corrected chi connectivity index (χ2v) is 8.61. The van der Waals surface area contributed by atoms with Crippen LogP contribution in [0.15, 0.2) is 71.6 Å². The van der Waals surface area contributed by atoms with Crippen molar-refractivity contribution in [2.75, 3.05) is 10.0 Å². The summed E-state index contributed by atoms with van der Waals surface area (Å²) in [4.78, 5) is 12.8. The van der Waals surface area contributed by atoms with Crippen LogP contribution in [0.25, 0.3) is 11.0 Å². The Balaban J connectivity index is 1.57. The first-order valence-electron chi connectivity index (χ1n) is 8.64. The number of benzene rings is 3. The van der Waals surface area contributed by atoms with Crippen molar-refractivity contribution in [2.24, 2.45) is 0 Å². The summed E-state index contributed by atoms with van der Waals surface area (Å²) in [6, 6.07) is 18.3. The van der Waals surface area contributed by atoms with Gasteiger partial charge in [-0.15, -0.1) is 0 Å². The lowest BCUT2D eigenvalue weighted by Crippen LogP contribution is -2.15. The maximum Gasteiger partial charge on any atom is 0.261 e. The van der Waals surface area contributed by atoms with Crippen LogP contribution in [0.1, 0.15) is 15.9 Å². The number of aryl methyl sites for hydroxylation is 1. The van der Waals surface area contributed by atoms with Crippen LogP contribution in [0.3, 0.4) is 0 Å². The Morgan fingerprint density at radius 3 is 2.59 bits per heavy atom. The number of rotatable bonds is 5. The predicted octanol–water partition coefficient (Wildman–Crippen LogP) is 4.05. The molecule has 0 aliphatic rings. The Morgan fingerprint density at radius 2 is 1.76 bits per heavy atom. The highest BCUT2D eigenvalue weighted by Crippen LogP contribution is 2.23. The van der Waals surface area contributed by atoms with Gasteiger partial charge < -0.3 is 5.32 Å². The van der Waals surface area contributed by atoms with Gasteiger partial charge in [-0.2, -0.15) is 8.75 Å². The van der Waals surface area contributed by atoms with E-state index in [1.807, 2.05) is 19.1 Å². The van der Waals surface area contributed by atoms with E-state index < -0.39 is 10.0 Å². The van der Waals surface area contributed by atoms with Crippen LogP contribution in [0.2, 0.25) is 0 Å². The molecule has 29 heavy (non-hydrogen) atoms. The Hall–Kier alpha value is -3.30. The number of nitrogens with one attached hydrogen (secondary N) is 2. The molecule has 146 valence electrons. The van der Waals surface area contributed by atoms with Gasteiger partial charge in [-0.05, 0) is 55.0 Å². The van der Waals surface area contributed by atoms with Crippen molar-refractivity contribution >= 4 is 50.1 Å².